The van der Waals surface area contributed by atoms with Gasteiger partial charge in [0.15, 0.2) is 5.54 Å². The Morgan fingerprint density at radius 3 is 1.76 bits per heavy atom. The molecule has 0 aliphatic carbocycles. The Balaban J connectivity index is 2.94. The zero-order valence-electron chi connectivity index (χ0n) is 15.6. The van der Waals surface area contributed by atoms with Crippen molar-refractivity contribution in [2.24, 2.45) is 0 Å². The lowest BCUT2D eigenvalue weighted by atomic mass is 9.92. The Morgan fingerprint density at radius 1 is 0.960 bits per heavy atom. The number of hydrogen-bond acceptors (Lipinski definition) is 7. The first-order valence-electron chi connectivity index (χ1n) is 7.69. The van der Waals surface area contributed by atoms with E-state index in [1.54, 1.807) is 41.5 Å². The zero-order valence-corrected chi connectivity index (χ0v) is 16.4. The maximum absolute atomic E-state index is 12.3. The SMILES string of the molecule is CC(C)(C)OC(=O)NC1(C(=O)S(C)(=O)=O)CN(C(=O)OC(C)(C)C)C1. The van der Waals surface area contributed by atoms with E-state index < -0.39 is 43.9 Å². The molecule has 1 aliphatic heterocycles. The molecule has 1 rings (SSSR count). The first kappa shape index (κ1) is 21.2. The molecule has 0 aromatic rings. The van der Waals surface area contributed by atoms with E-state index in [2.05, 4.69) is 5.32 Å². The van der Waals surface area contributed by atoms with Crippen molar-refractivity contribution in [2.75, 3.05) is 19.3 Å². The molecule has 9 nitrogen and oxygen atoms in total. The molecular weight excluding hydrogens is 352 g/mol. The van der Waals surface area contributed by atoms with E-state index in [0.29, 0.717) is 0 Å². The highest BCUT2D eigenvalue weighted by Gasteiger charge is 2.56. The highest BCUT2D eigenvalue weighted by molar-refractivity contribution is 8.05. The predicted octanol–water partition coefficient (Wildman–Crippen LogP) is 1.07. The molecule has 10 heteroatoms. The van der Waals surface area contributed by atoms with E-state index in [-0.39, 0.29) is 13.1 Å². The molecule has 0 bridgehead atoms. The number of sulfone groups is 1. The Morgan fingerprint density at radius 2 is 1.40 bits per heavy atom. The summed E-state index contributed by atoms with van der Waals surface area (Å²) >= 11 is 0. The second-order valence-electron chi connectivity index (χ2n) is 8.11. The number of hydrogen-bond donors (Lipinski definition) is 1. The van der Waals surface area contributed by atoms with Gasteiger partial charge in [-0.1, -0.05) is 0 Å². The van der Waals surface area contributed by atoms with Crippen LogP contribution in [0.5, 0.6) is 0 Å². The summed E-state index contributed by atoms with van der Waals surface area (Å²) in [5.74, 6) is 0. The molecule has 0 aromatic heterocycles. The first-order valence-corrected chi connectivity index (χ1v) is 9.58. The fourth-order valence-electron chi connectivity index (χ4n) is 2.17. The van der Waals surface area contributed by atoms with Crippen LogP contribution in [-0.2, 0) is 24.1 Å². The van der Waals surface area contributed by atoms with Crippen LogP contribution in [0, 0.1) is 0 Å². The van der Waals surface area contributed by atoms with Crippen LogP contribution in [0.2, 0.25) is 0 Å². The van der Waals surface area contributed by atoms with Gasteiger partial charge in [0.1, 0.15) is 11.2 Å². The van der Waals surface area contributed by atoms with E-state index in [9.17, 15) is 22.8 Å². The number of carbonyl (C=O) groups excluding carboxylic acids is 3. The smallest absolute Gasteiger partial charge is 0.410 e. The Labute approximate surface area is 147 Å². The van der Waals surface area contributed by atoms with Crippen molar-refractivity contribution in [1.29, 1.82) is 0 Å². The minimum absolute atomic E-state index is 0.312. The quantitative estimate of drug-likeness (QED) is 0.763. The van der Waals surface area contributed by atoms with Gasteiger partial charge in [0.05, 0.1) is 13.1 Å². The third-order valence-corrected chi connectivity index (χ3v) is 4.11. The van der Waals surface area contributed by atoms with Crippen molar-refractivity contribution in [3.05, 3.63) is 0 Å². The van der Waals surface area contributed by atoms with Crippen molar-refractivity contribution < 1.29 is 32.3 Å². The second-order valence-corrected chi connectivity index (χ2v) is 10.0. The van der Waals surface area contributed by atoms with E-state index in [0.717, 1.165) is 11.2 Å². The first-order chi connectivity index (χ1) is 11.0. The van der Waals surface area contributed by atoms with Crippen LogP contribution in [-0.4, -0.2) is 66.7 Å². The van der Waals surface area contributed by atoms with Crippen molar-refractivity contribution >= 4 is 27.1 Å². The van der Waals surface area contributed by atoms with Crippen LogP contribution in [0.25, 0.3) is 0 Å². The molecule has 25 heavy (non-hydrogen) atoms. The average Bonchev–Trinajstić information content (AvgIpc) is 2.26. The number of nitrogens with zero attached hydrogens (tertiary/aromatic N) is 1. The second kappa shape index (κ2) is 6.47. The van der Waals surface area contributed by atoms with E-state index in [1.165, 1.54) is 0 Å². The molecule has 2 amide bonds. The molecule has 144 valence electrons. The fourth-order valence-corrected chi connectivity index (χ4v) is 3.06. The minimum atomic E-state index is -4.08. The maximum Gasteiger partial charge on any atom is 0.410 e. The summed E-state index contributed by atoms with van der Waals surface area (Å²) in [6.45, 7) is 9.30. The summed E-state index contributed by atoms with van der Waals surface area (Å²) in [4.78, 5) is 37.4. The molecule has 0 atom stereocenters. The van der Waals surface area contributed by atoms with Crippen molar-refractivity contribution in [1.82, 2.24) is 10.2 Å². The summed E-state index contributed by atoms with van der Waals surface area (Å²) in [6, 6.07) is 0. The summed E-state index contributed by atoms with van der Waals surface area (Å²) in [5.41, 5.74) is -3.31. The van der Waals surface area contributed by atoms with Gasteiger partial charge < -0.3 is 19.7 Å². The van der Waals surface area contributed by atoms with Gasteiger partial charge in [-0.25, -0.2) is 18.0 Å². The third kappa shape index (κ3) is 5.87. The van der Waals surface area contributed by atoms with Crippen molar-refractivity contribution in [3.63, 3.8) is 0 Å². The summed E-state index contributed by atoms with van der Waals surface area (Å²) in [6.07, 6.45) is -0.881. The monoisotopic (exact) mass is 378 g/mol. The van der Waals surface area contributed by atoms with E-state index >= 15 is 0 Å². The average molecular weight is 378 g/mol. The molecule has 0 unspecified atom stereocenters. The van der Waals surface area contributed by atoms with Gasteiger partial charge in [-0.2, -0.15) is 0 Å². The Kier molecular flexibility index (Phi) is 5.49. The number of amides is 2. The Bertz CT molecular complexity index is 665. The van der Waals surface area contributed by atoms with E-state index in [4.69, 9.17) is 9.47 Å². The molecule has 1 N–H and O–H groups in total. The number of rotatable bonds is 2. The molecule has 1 fully saturated rings. The van der Waals surface area contributed by atoms with E-state index in [1.807, 2.05) is 0 Å². The third-order valence-electron chi connectivity index (χ3n) is 3.04. The topological polar surface area (TPSA) is 119 Å². The summed E-state index contributed by atoms with van der Waals surface area (Å²) < 4.78 is 33.6. The lowest BCUT2D eigenvalue weighted by Crippen LogP contribution is -2.76. The zero-order chi connectivity index (χ0) is 19.8. The van der Waals surface area contributed by atoms with Gasteiger partial charge in [0.2, 0.25) is 9.84 Å². The predicted molar refractivity (Wildman–Crippen MR) is 89.8 cm³/mol. The molecule has 0 saturated carbocycles. The molecule has 1 saturated heterocycles. The summed E-state index contributed by atoms with van der Waals surface area (Å²) in [5, 5.41) is 1.13. The fraction of sp³-hybridized carbons (Fsp3) is 0.800. The molecular formula is C15H26N2O7S. The standard InChI is InChI=1S/C15H26N2O7S/c1-13(2,3)23-11(19)16-15(10(18)25(7,21)22)8-17(9-15)12(20)24-14(4,5)6/h8-9H2,1-7H3,(H,16,19). The largest absolute Gasteiger partial charge is 0.444 e. The van der Waals surface area contributed by atoms with Crippen LogP contribution < -0.4 is 5.32 Å². The molecule has 0 spiro atoms. The van der Waals surface area contributed by atoms with Crippen LogP contribution in [0.15, 0.2) is 0 Å². The van der Waals surface area contributed by atoms with Gasteiger partial charge in [0.25, 0.3) is 5.12 Å². The number of alkyl carbamates (subject to hydrolysis) is 1. The number of likely N-dealkylation sites (tertiary alicyclic amines) is 1. The van der Waals surface area contributed by atoms with Crippen LogP contribution in [0.3, 0.4) is 0 Å². The highest BCUT2D eigenvalue weighted by atomic mass is 32.2. The van der Waals surface area contributed by atoms with Gasteiger partial charge in [-0.05, 0) is 41.5 Å². The highest BCUT2D eigenvalue weighted by Crippen LogP contribution is 2.27. The maximum atomic E-state index is 12.3. The summed E-state index contributed by atoms with van der Waals surface area (Å²) in [7, 11) is -4.08. The number of ether oxygens (including phenoxy) is 2. The van der Waals surface area contributed by atoms with Gasteiger partial charge >= 0.3 is 12.2 Å². The lowest BCUT2D eigenvalue weighted by molar-refractivity contribution is -0.124. The lowest BCUT2D eigenvalue weighted by Gasteiger charge is -2.48. The van der Waals surface area contributed by atoms with Gasteiger partial charge in [-0.3, -0.25) is 4.79 Å². The van der Waals surface area contributed by atoms with Crippen LogP contribution in [0.4, 0.5) is 9.59 Å². The number of nitrogens with one attached hydrogen (secondary N) is 1. The normalized spacial score (nSPS) is 17.3. The van der Waals surface area contributed by atoms with Gasteiger partial charge in [0, 0.05) is 6.26 Å². The minimum Gasteiger partial charge on any atom is -0.444 e. The van der Waals surface area contributed by atoms with Crippen LogP contribution in [0.1, 0.15) is 41.5 Å². The van der Waals surface area contributed by atoms with Crippen LogP contribution >= 0.6 is 0 Å². The van der Waals surface area contributed by atoms with Crippen molar-refractivity contribution in [3.8, 4) is 0 Å². The Hall–Kier alpha value is -1.84. The van der Waals surface area contributed by atoms with Gasteiger partial charge in [-0.15, -0.1) is 0 Å². The molecule has 1 aliphatic rings. The molecule has 1 heterocycles. The molecule has 0 radical (unpaired) electrons. The molecule has 0 aromatic carbocycles. The number of carbonyl (C=O) groups is 3. The van der Waals surface area contributed by atoms with Crippen molar-refractivity contribution in [2.45, 2.75) is 58.3 Å².